The van der Waals surface area contributed by atoms with E-state index >= 15 is 0 Å². The molecule has 0 saturated heterocycles. The maximum absolute atomic E-state index is 11.6. The molecule has 0 fully saturated rings. The fraction of sp³-hybridized carbons (Fsp3) is 0.381. The number of aliphatic hydroxyl groups is 1. The molecule has 2 heterocycles. The Morgan fingerprint density at radius 3 is 2.46 bits per heavy atom. The van der Waals surface area contributed by atoms with E-state index in [0.29, 0.717) is 6.42 Å². The van der Waals surface area contributed by atoms with Gasteiger partial charge in [-0.1, -0.05) is 69.3 Å². The number of rotatable bonds is 1. The van der Waals surface area contributed by atoms with Crippen molar-refractivity contribution in [3.8, 4) is 0 Å². The second-order valence-electron chi connectivity index (χ2n) is 7.83. The Morgan fingerprint density at radius 1 is 1.04 bits per heavy atom. The Bertz CT molecular complexity index is 801. The number of nitrogens with zero attached hydrogens (tertiary/aromatic N) is 2. The van der Waals surface area contributed by atoms with Gasteiger partial charge in [-0.15, -0.1) is 0 Å². The van der Waals surface area contributed by atoms with E-state index in [9.17, 15) is 5.11 Å². The number of benzene rings is 2. The third-order valence-electron chi connectivity index (χ3n) is 5.20. The van der Waals surface area contributed by atoms with Gasteiger partial charge < -0.3 is 10.0 Å². The van der Waals surface area contributed by atoms with E-state index in [1.54, 1.807) is 0 Å². The van der Waals surface area contributed by atoms with Crippen molar-refractivity contribution in [2.75, 3.05) is 13.1 Å². The Labute approximate surface area is 143 Å². The van der Waals surface area contributed by atoms with Gasteiger partial charge >= 0.3 is 0 Å². The second kappa shape index (κ2) is 5.18. The molecule has 0 saturated carbocycles. The summed E-state index contributed by atoms with van der Waals surface area (Å²) in [6, 6.07) is 16.7. The van der Waals surface area contributed by atoms with Gasteiger partial charge in [0.1, 0.15) is 5.84 Å². The van der Waals surface area contributed by atoms with Crippen molar-refractivity contribution in [2.24, 2.45) is 4.99 Å². The Morgan fingerprint density at radius 2 is 1.75 bits per heavy atom. The Hall–Kier alpha value is -2.13. The summed E-state index contributed by atoms with van der Waals surface area (Å²) in [5.74, 6) is 0.930. The zero-order valence-corrected chi connectivity index (χ0v) is 14.6. The van der Waals surface area contributed by atoms with Gasteiger partial charge in [-0.2, -0.15) is 0 Å². The summed E-state index contributed by atoms with van der Waals surface area (Å²) in [5, 5.41) is 11.6. The molecule has 0 bridgehead atoms. The van der Waals surface area contributed by atoms with Crippen LogP contribution >= 0.6 is 0 Å². The summed E-state index contributed by atoms with van der Waals surface area (Å²) in [7, 11) is 0. The molecule has 2 aliphatic heterocycles. The average Bonchev–Trinajstić information content (AvgIpc) is 3.05. The largest absolute Gasteiger partial charge is 0.366 e. The van der Waals surface area contributed by atoms with Crippen molar-refractivity contribution in [1.29, 1.82) is 0 Å². The molecule has 3 heteroatoms. The minimum Gasteiger partial charge on any atom is -0.366 e. The van der Waals surface area contributed by atoms with Crippen LogP contribution in [0.3, 0.4) is 0 Å². The van der Waals surface area contributed by atoms with Crippen LogP contribution in [0.2, 0.25) is 0 Å². The molecule has 24 heavy (non-hydrogen) atoms. The third kappa shape index (κ3) is 2.27. The van der Waals surface area contributed by atoms with Crippen LogP contribution in [0.25, 0.3) is 0 Å². The average molecular weight is 320 g/mol. The summed E-state index contributed by atoms with van der Waals surface area (Å²) in [5.41, 5.74) is 3.64. The van der Waals surface area contributed by atoms with E-state index in [1.807, 2.05) is 12.1 Å². The minimum atomic E-state index is -1.01. The molecule has 1 N–H and O–H groups in total. The molecule has 1 atom stereocenters. The van der Waals surface area contributed by atoms with Gasteiger partial charge in [0.15, 0.2) is 5.72 Å². The van der Waals surface area contributed by atoms with Gasteiger partial charge in [0.25, 0.3) is 0 Å². The predicted octanol–water partition coefficient (Wildman–Crippen LogP) is 3.45. The highest BCUT2D eigenvalue weighted by Crippen LogP contribution is 2.39. The highest BCUT2D eigenvalue weighted by molar-refractivity contribution is 6.02. The molecule has 3 nitrogen and oxygen atoms in total. The van der Waals surface area contributed by atoms with Crippen LogP contribution in [0.1, 0.15) is 43.0 Å². The smallest absolute Gasteiger partial charge is 0.169 e. The van der Waals surface area contributed by atoms with Crippen molar-refractivity contribution in [3.63, 3.8) is 0 Å². The molecule has 0 spiro atoms. The minimum absolute atomic E-state index is 0.112. The topological polar surface area (TPSA) is 35.8 Å². The van der Waals surface area contributed by atoms with Gasteiger partial charge in [-0.3, -0.25) is 4.99 Å². The third-order valence-corrected chi connectivity index (χ3v) is 5.20. The maximum atomic E-state index is 11.6. The summed E-state index contributed by atoms with van der Waals surface area (Å²) in [6.07, 6.45) is 0.594. The zero-order chi connectivity index (χ0) is 16.9. The molecule has 2 aromatic carbocycles. The first-order valence-electron chi connectivity index (χ1n) is 8.63. The van der Waals surface area contributed by atoms with Crippen molar-refractivity contribution >= 4 is 5.84 Å². The van der Waals surface area contributed by atoms with E-state index in [4.69, 9.17) is 0 Å². The number of hydrogen-bond acceptors (Lipinski definition) is 3. The first kappa shape index (κ1) is 15.4. The van der Waals surface area contributed by atoms with Crippen molar-refractivity contribution in [1.82, 2.24) is 4.90 Å². The zero-order valence-electron chi connectivity index (χ0n) is 14.6. The van der Waals surface area contributed by atoms with Gasteiger partial charge in [0, 0.05) is 24.1 Å². The summed E-state index contributed by atoms with van der Waals surface area (Å²) >= 11 is 0. The maximum Gasteiger partial charge on any atom is 0.169 e. The summed E-state index contributed by atoms with van der Waals surface area (Å²) in [4.78, 5) is 6.73. The SMILES string of the molecule is CC(C)(C)c1ccc(C2(O)Cc3ccccc3C3=NCCN32)cc1. The monoisotopic (exact) mass is 320 g/mol. The number of hydrogen-bond donors (Lipinski definition) is 1. The molecule has 0 amide bonds. The summed E-state index contributed by atoms with van der Waals surface area (Å²) < 4.78 is 0. The molecule has 2 aliphatic rings. The number of fused-ring (bicyclic) bond motifs is 3. The van der Waals surface area contributed by atoms with Crippen molar-refractivity contribution in [3.05, 3.63) is 70.8 Å². The molecule has 0 aliphatic carbocycles. The van der Waals surface area contributed by atoms with Gasteiger partial charge in [-0.25, -0.2) is 0 Å². The van der Waals surface area contributed by atoms with E-state index in [1.165, 1.54) is 5.56 Å². The molecule has 1 unspecified atom stereocenters. The highest BCUT2D eigenvalue weighted by Gasteiger charge is 2.44. The van der Waals surface area contributed by atoms with Gasteiger partial charge in [0.05, 0.1) is 6.54 Å². The molecule has 124 valence electrons. The molecule has 0 aromatic heterocycles. The predicted molar refractivity (Wildman–Crippen MR) is 97.3 cm³/mol. The van der Waals surface area contributed by atoms with E-state index < -0.39 is 5.72 Å². The molecule has 0 radical (unpaired) electrons. The normalized spacial score (nSPS) is 22.8. The van der Waals surface area contributed by atoms with Crippen molar-refractivity contribution in [2.45, 2.75) is 38.3 Å². The van der Waals surface area contributed by atoms with Crippen LogP contribution in [0.5, 0.6) is 0 Å². The van der Waals surface area contributed by atoms with Crippen LogP contribution in [-0.2, 0) is 17.6 Å². The number of amidine groups is 1. The first-order valence-corrected chi connectivity index (χ1v) is 8.63. The lowest BCUT2D eigenvalue weighted by atomic mass is 9.83. The summed E-state index contributed by atoms with van der Waals surface area (Å²) in [6.45, 7) is 8.13. The lowest BCUT2D eigenvalue weighted by Crippen LogP contribution is -2.53. The molecular weight excluding hydrogens is 296 g/mol. The molecule has 4 rings (SSSR count). The fourth-order valence-electron chi connectivity index (χ4n) is 3.79. The van der Waals surface area contributed by atoms with E-state index in [-0.39, 0.29) is 5.41 Å². The van der Waals surface area contributed by atoms with Crippen LogP contribution in [-0.4, -0.2) is 28.9 Å². The van der Waals surface area contributed by atoms with Gasteiger partial charge in [0.2, 0.25) is 0 Å². The van der Waals surface area contributed by atoms with Crippen LogP contribution in [0, 0.1) is 0 Å². The lowest BCUT2D eigenvalue weighted by molar-refractivity contribution is -0.0745. The van der Waals surface area contributed by atoms with Crippen LogP contribution < -0.4 is 0 Å². The standard InChI is InChI=1S/C21H24N2O/c1-20(2,3)16-8-10-17(11-9-16)21(24)14-15-6-4-5-7-18(15)19-22-12-13-23(19)21/h4-11,24H,12-14H2,1-3H3. The number of aliphatic imine (C=N–C) groups is 1. The quantitative estimate of drug-likeness (QED) is 0.873. The van der Waals surface area contributed by atoms with Crippen LogP contribution in [0.15, 0.2) is 53.5 Å². The fourth-order valence-corrected chi connectivity index (χ4v) is 3.79. The Kier molecular flexibility index (Phi) is 3.33. The van der Waals surface area contributed by atoms with E-state index in [0.717, 1.165) is 35.6 Å². The lowest BCUT2D eigenvalue weighted by Gasteiger charge is -2.44. The second-order valence-corrected chi connectivity index (χ2v) is 7.83. The Balaban J connectivity index is 1.79. The first-order chi connectivity index (χ1) is 11.4. The van der Waals surface area contributed by atoms with Gasteiger partial charge in [-0.05, 0) is 16.5 Å². The van der Waals surface area contributed by atoms with Crippen LogP contribution in [0.4, 0.5) is 0 Å². The van der Waals surface area contributed by atoms with Crippen molar-refractivity contribution < 1.29 is 5.11 Å². The molecule has 2 aromatic rings. The molecular formula is C21H24N2O. The van der Waals surface area contributed by atoms with E-state index in [2.05, 4.69) is 67.1 Å². The highest BCUT2D eigenvalue weighted by atomic mass is 16.3.